The number of H-pyrrole nitrogens is 1. The van der Waals surface area contributed by atoms with Gasteiger partial charge in [-0.2, -0.15) is 23.3 Å². The summed E-state index contributed by atoms with van der Waals surface area (Å²) in [6.07, 6.45) is -0.925. The number of alkyl halides is 3. The molecule has 0 aliphatic rings. The summed E-state index contributed by atoms with van der Waals surface area (Å²) in [6.45, 7) is 2.01. The molecule has 0 spiro atoms. The van der Waals surface area contributed by atoms with Crippen molar-refractivity contribution in [2.75, 3.05) is 5.75 Å². The van der Waals surface area contributed by atoms with Gasteiger partial charge in [-0.25, -0.2) is 4.39 Å². The fraction of sp³-hybridized carbons (Fsp3) is 0.182. The second-order valence-corrected chi connectivity index (χ2v) is 9.28. The molecule has 10 heteroatoms. The molecule has 2 heterocycles. The van der Waals surface area contributed by atoms with Crippen LogP contribution in [-0.2, 0) is 6.18 Å². The maximum Gasteiger partial charge on any atom is 0.417 e. The number of hydrogen-bond donors (Lipinski definition) is 2. The van der Waals surface area contributed by atoms with Crippen LogP contribution in [-0.4, -0.2) is 26.0 Å². The lowest BCUT2D eigenvalue weighted by Gasteiger charge is -2.13. The number of aromatic hydroxyl groups is 1. The average molecular weight is 480 g/mol. The maximum atomic E-state index is 13.6. The Balaban J connectivity index is 1.92. The molecule has 4 aromatic rings. The summed E-state index contributed by atoms with van der Waals surface area (Å²) in [5.41, 5.74) is 0.380. The van der Waals surface area contributed by atoms with Crippen molar-refractivity contribution in [2.45, 2.75) is 23.9 Å². The van der Waals surface area contributed by atoms with Gasteiger partial charge >= 0.3 is 6.18 Å². The third-order valence-corrected chi connectivity index (χ3v) is 7.06. The number of aromatic nitrogens is 3. The summed E-state index contributed by atoms with van der Waals surface area (Å²) in [5, 5.41) is 18.1. The Kier molecular flexibility index (Phi) is 6.25. The van der Waals surface area contributed by atoms with Crippen LogP contribution in [0.5, 0.6) is 5.88 Å². The number of thioether (sulfide) groups is 1. The first-order valence-electron chi connectivity index (χ1n) is 9.61. The fourth-order valence-electron chi connectivity index (χ4n) is 3.17. The first-order chi connectivity index (χ1) is 15.3. The standard InChI is InChI=1S/C22H17F4N3OS2/c1-2-7-31-21-28-20(30)19(32-21)16(12-4-6-18-14(8-12)11-27-29-18)9-13-3-5-15(23)10-17(13)22(24,25)26/h3-6,8-11,30H,2,7H2,1H3,(H,27,29). The second-order valence-electron chi connectivity index (χ2n) is 6.94. The lowest BCUT2D eigenvalue weighted by molar-refractivity contribution is -0.137. The molecule has 0 amide bonds. The zero-order valence-corrected chi connectivity index (χ0v) is 18.3. The van der Waals surface area contributed by atoms with E-state index in [4.69, 9.17) is 0 Å². The Labute approximate surface area is 189 Å². The molecular weight excluding hydrogens is 462 g/mol. The van der Waals surface area contributed by atoms with Gasteiger partial charge in [-0.15, -0.1) is 11.3 Å². The smallest absolute Gasteiger partial charge is 0.417 e. The number of rotatable bonds is 6. The van der Waals surface area contributed by atoms with E-state index in [0.29, 0.717) is 26.4 Å². The average Bonchev–Trinajstić information content (AvgIpc) is 3.36. The van der Waals surface area contributed by atoms with Gasteiger partial charge in [0.2, 0.25) is 5.88 Å². The van der Waals surface area contributed by atoms with Crippen LogP contribution < -0.4 is 0 Å². The number of fused-ring (bicyclic) bond motifs is 1. The first kappa shape index (κ1) is 22.3. The van der Waals surface area contributed by atoms with E-state index in [1.165, 1.54) is 29.2 Å². The van der Waals surface area contributed by atoms with Crippen LogP contribution in [0.4, 0.5) is 17.6 Å². The molecule has 0 unspecified atom stereocenters. The van der Waals surface area contributed by atoms with Crippen molar-refractivity contribution in [3.8, 4) is 5.88 Å². The zero-order valence-electron chi connectivity index (χ0n) is 16.7. The van der Waals surface area contributed by atoms with Crippen molar-refractivity contribution in [2.24, 2.45) is 0 Å². The van der Waals surface area contributed by atoms with E-state index in [1.807, 2.05) is 6.92 Å². The van der Waals surface area contributed by atoms with Gasteiger partial charge in [-0.3, -0.25) is 5.10 Å². The van der Waals surface area contributed by atoms with Crippen LogP contribution in [0, 0.1) is 5.82 Å². The van der Waals surface area contributed by atoms with Crippen LogP contribution in [0.25, 0.3) is 22.6 Å². The number of nitrogens with zero attached hydrogens (tertiary/aromatic N) is 2. The van der Waals surface area contributed by atoms with Crippen molar-refractivity contribution in [1.29, 1.82) is 0 Å². The highest BCUT2D eigenvalue weighted by atomic mass is 32.2. The van der Waals surface area contributed by atoms with Crippen LogP contribution in [0.3, 0.4) is 0 Å². The second kappa shape index (κ2) is 8.95. The number of halogens is 4. The van der Waals surface area contributed by atoms with Crippen molar-refractivity contribution >= 4 is 45.7 Å². The summed E-state index contributed by atoms with van der Waals surface area (Å²) in [6, 6.07) is 7.77. The molecule has 0 saturated heterocycles. The third-order valence-electron chi connectivity index (χ3n) is 4.64. The highest BCUT2D eigenvalue weighted by Crippen LogP contribution is 2.42. The molecule has 0 aliphatic heterocycles. The van der Waals surface area contributed by atoms with Crippen LogP contribution >= 0.6 is 23.1 Å². The molecule has 0 radical (unpaired) electrons. The van der Waals surface area contributed by atoms with Gasteiger partial charge < -0.3 is 5.11 Å². The van der Waals surface area contributed by atoms with Gasteiger partial charge in [-0.05, 0) is 47.9 Å². The van der Waals surface area contributed by atoms with Gasteiger partial charge in [0.1, 0.15) is 5.82 Å². The molecule has 2 aromatic heterocycles. The van der Waals surface area contributed by atoms with Gasteiger partial charge in [0.25, 0.3) is 0 Å². The minimum atomic E-state index is -4.74. The summed E-state index contributed by atoms with van der Waals surface area (Å²) < 4.78 is 55.0. The van der Waals surface area contributed by atoms with Crippen molar-refractivity contribution < 1.29 is 22.7 Å². The van der Waals surface area contributed by atoms with Crippen LogP contribution in [0.15, 0.2) is 46.9 Å². The van der Waals surface area contributed by atoms with Crippen LogP contribution in [0.2, 0.25) is 0 Å². The molecule has 2 N–H and O–H groups in total. The predicted molar refractivity (Wildman–Crippen MR) is 119 cm³/mol. The molecule has 4 nitrogen and oxygen atoms in total. The summed E-state index contributed by atoms with van der Waals surface area (Å²) in [7, 11) is 0. The van der Waals surface area contributed by atoms with Crippen molar-refractivity contribution in [3.05, 3.63) is 70.0 Å². The molecule has 166 valence electrons. The monoisotopic (exact) mass is 479 g/mol. The van der Waals surface area contributed by atoms with E-state index in [-0.39, 0.29) is 11.4 Å². The molecule has 0 saturated carbocycles. The Morgan fingerprint density at radius 2 is 2.03 bits per heavy atom. The Morgan fingerprint density at radius 3 is 2.78 bits per heavy atom. The van der Waals surface area contributed by atoms with E-state index < -0.39 is 17.6 Å². The SMILES string of the molecule is CCCSc1nc(O)c(C(=Cc2ccc(F)cc2C(F)(F)F)c2ccc3[nH]ncc3c2)s1. The van der Waals surface area contributed by atoms with Gasteiger partial charge in [-0.1, -0.05) is 30.8 Å². The molecule has 0 aliphatic carbocycles. The molecule has 4 rings (SSSR count). The molecule has 32 heavy (non-hydrogen) atoms. The van der Waals surface area contributed by atoms with E-state index in [9.17, 15) is 22.7 Å². The largest absolute Gasteiger partial charge is 0.492 e. The Morgan fingerprint density at radius 1 is 1.22 bits per heavy atom. The molecule has 0 fully saturated rings. The predicted octanol–water partition coefficient (Wildman–Crippen LogP) is 6.97. The molecule has 0 atom stereocenters. The van der Waals surface area contributed by atoms with Crippen molar-refractivity contribution in [1.82, 2.24) is 15.2 Å². The van der Waals surface area contributed by atoms with E-state index in [2.05, 4.69) is 15.2 Å². The van der Waals surface area contributed by atoms with E-state index in [1.54, 1.807) is 24.4 Å². The van der Waals surface area contributed by atoms with Gasteiger partial charge in [0, 0.05) is 16.7 Å². The summed E-state index contributed by atoms with van der Waals surface area (Å²) >= 11 is 2.66. The Hall–Kier alpha value is -2.85. The van der Waals surface area contributed by atoms with Crippen molar-refractivity contribution in [3.63, 3.8) is 0 Å². The number of thiazole rings is 1. The van der Waals surface area contributed by atoms with E-state index in [0.717, 1.165) is 35.2 Å². The molecule has 2 aromatic carbocycles. The number of benzene rings is 2. The van der Waals surface area contributed by atoms with Crippen LogP contribution in [0.1, 0.15) is 34.9 Å². The third kappa shape index (κ3) is 4.66. The van der Waals surface area contributed by atoms with E-state index >= 15 is 0 Å². The lowest BCUT2D eigenvalue weighted by Crippen LogP contribution is -2.08. The molecular formula is C22H17F4N3OS2. The topological polar surface area (TPSA) is 61.8 Å². The fourth-order valence-corrected chi connectivity index (χ4v) is 5.16. The number of aromatic amines is 1. The molecule has 0 bridgehead atoms. The quantitative estimate of drug-likeness (QED) is 0.178. The summed E-state index contributed by atoms with van der Waals surface area (Å²) in [4.78, 5) is 4.51. The zero-order chi connectivity index (χ0) is 22.9. The lowest BCUT2D eigenvalue weighted by atomic mass is 9.97. The van der Waals surface area contributed by atoms with Gasteiger partial charge in [0.05, 0.1) is 22.2 Å². The minimum Gasteiger partial charge on any atom is -0.492 e. The Bertz CT molecular complexity index is 1290. The number of nitrogens with one attached hydrogen (secondary N) is 1. The highest BCUT2D eigenvalue weighted by Gasteiger charge is 2.33. The number of hydrogen-bond acceptors (Lipinski definition) is 5. The highest BCUT2D eigenvalue weighted by molar-refractivity contribution is 8.01. The minimum absolute atomic E-state index is 0.211. The maximum absolute atomic E-state index is 13.6. The summed E-state index contributed by atoms with van der Waals surface area (Å²) in [5.74, 6) is -0.444. The van der Waals surface area contributed by atoms with Gasteiger partial charge in [0.15, 0.2) is 4.34 Å². The first-order valence-corrected chi connectivity index (χ1v) is 11.4. The normalized spacial score (nSPS) is 12.6.